The summed E-state index contributed by atoms with van der Waals surface area (Å²) < 4.78 is 13.1. The van der Waals surface area contributed by atoms with Crippen molar-refractivity contribution >= 4 is 0 Å². The number of aromatic amines is 1. The van der Waals surface area contributed by atoms with Crippen LogP contribution in [-0.4, -0.2) is 38.2 Å². The molecule has 0 aliphatic heterocycles. The molecule has 1 heterocycles. The summed E-state index contributed by atoms with van der Waals surface area (Å²) in [6.45, 7) is -0.574. The van der Waals surface area contributed by atoms with Crippen molar-refractivity contribution in [1.82, 2.24) is 10.2 Å². The highest BCUT2D eigenvalue weighted by molar-refractivity contribution is 5.63. The van der Waals surface area contributed by atoms with E-state index in [0.29, 0.717) is 16.8 Å². The van der Waals surface area contributed by atoms with Crippen LogP contribution in [0.4, 0.5) is 4.39 Å². The lowest BCUT2D eigenvalue weighted by molar-refractivity contribution is -0.0149. The fraction of sp³-hybridized carbons (Fsp3) is 0.250. The lowest BCUT2D eigenvalue weighted by Crippen LogP contribution is -2.22. The normalized spacial score (nSPS) is 14.4. The molecule has 2 aromatic rings. The minimum absolute atomic E-state index is 0.308. The van der Waals surface area contributed by atoms with Gasteiger partial charge in [0.25, 0.3) is 0 Å². The van der Waals surface area contributed by atoms with Crippen LogP contribution in [-0.2, 0) is 0 Å². The summed E-state index contributed by atoms with van der Waals surface area (Å²) >= 11 is 0. The van der Waals surface area contributed by atoms with Gasteiger partial charge in [0.05, 0.1) is 18.5 Å². The minimum atomic E-state index is -1.31. The van der Waals surface area contributed by atoms with Crippen molar-refractivity contribution in [2.75, 3.05) is 6.61 Å². The first-order valence-electron chi connectivity index (χ1n) is 5.39. The number of aromatic nitrogens is 2. The first-order chi connectivity index (χ1) is 8.63. The maximum absolute atomic E-state index is 13.1. The number of nitrogens with one attached hydrogen (secondary N) is 1. The van der Waals surface area contributed by atoms with Gasteiger partial charge in [-0.1, -0.05) is 12.1 Å². The van der Waals surface area contributed by atoms with Crippen molar-refractivity contribution in [3.63, 3.8) is 0 Å². The van der Waals surface area contributed by atoms with Crippen LogP contribution in [0.25, 0.3) is 11.3 Å². The van der Waals surface area contributed by atoms with E-state index in [2.05, 4.69) is 10.2 Å². The summed E-state index contributed by atoms with van der Waals surface area (Å²) in [7, 11) is 0. The molecule has 0 aliphatic rings. The van der Waals surface area contributed by atoms with Crippen molar-refractivity contribution in [1.29, 1.82) is 0 Å². The molecule has 0 saturated heterocycles. The Bertz CT molecular complexity index is 530. The van der Waals surface area contributed by atoms with Gasteiger partial charge in [0.2, 0.25) is 0 Å². The van der Waals surface area contributed by atoms with E-state index >= 15 is 0 Å². The van der Waals surface area contributed by atoms with Crippen LogP contribution in [0, 0.1) is 5.82 Å². The average molecular weight is 252 g/mol. The first kappa shape index (κ1) is 12.7. The van der Waals surface area contributed by atoms with E-state index < -0.39 is 24.6 Å². The van der Waals surface area contributed by atoms with Gasteiger partial charge >= 0.3 is 0 Å². The number of hydrogen-bond acceptors (Lipinski definition) is 4. The zero-order valence-electron chi connectivity index (χ0n) is 9.42. The Morgan fingerprint density at radius 1 is 1.33 bits per heavy atom. The highest BCUT2D eigenvalue weighted by atomic mass is 19.1. The van der Waals surface area contributed by atoms with Crippen molar-refractivity contribution < 1.29 is 19.7 Å². The Morgan fingerprint density at radius 2 is 2.11 bits per heavy atom. The second-order valence-corrected chi connectivity index (χ2v) is 3.91. The molecule has 0 bridgehead atoms. The number of nitrogens with zero attached hydrogens (tertiary/aromatic N) is 1. The number of aliphatic hydroxyl groups is 3. The number of hydrogen-bond donors (Lipinski definition) is 4. The molecule has 0 saturated carbocycles. The van der Waals surface area contributed by atoms with E-state index in [-0.39, 0.29) is 0 Å². The molecule has 5 nitrogen and oxygen atoms in total. The fourth-order valence-corrected chi connectivity index (χ4v) is 1.70. The van der Waals surface area contributed by atoms with E-state index in [0.717, 1.165) is 0 Å². The van der Waals surface area contributed by atoms with Crippen LogP contribution in [0.5, 0.6) is 0 Å². The molecule has 4 N–H and O–H groups in total. The lowest BCUT2D eigenvalue weighted by Gasteiger charge is -2.15. The largest absolute Gasteiger partial charge is 0.394 e. The molecule has 0 aliphatic carbocycles. The van der Waals surface area contributed by atoms with Crippen molar-refractivity contribution in [3.8, 4) is 11.3 Å². The third-order valence-electron chi connectivity index (χ3n) is 2.65. The smallest absolute Gasteiger partial charge is 0.123 e. The summed E-state index contributed by atoms with van der Waals surface area (Å²) in [5, 5.41) is 34.4. The topological polar surface area (TPSA) is 89.4 Å². The molecular weight excluding hydrogens is 239 g/mol. The molecule has 0 spiro atoms. The lowest BCUT2D eigenvalue weighted by atomic mass is 10.0. The number of H-pyrrole nitrogens is 1. The Balaban J connectivity index is 2.39. The quantitative estimate of drug-likeness (QED) is 0.641. The molecule has 0 fully saturated rings. The fourth-order valence-electron chi connectivity index (χ4n) is 1.70. The number of rotatable bonds is 4. The van der Waals surface area contributed by atoms with Gasteiger partial charge in [0.15, 0.2) is 0 Å². The Hall–Kier alpha value is -1.76. The van der Waals surface area contributed by atoms with Crippen LogP contribution in [0.3, 0.4) is 0 Å². The van der Waals surface area contributed by atoms with Crippen LogP contribution in [0.2, 0.25) is 0 Å². The van der Waals surface area contributed by atoms with Crippen molar-refractivity contribution in [3.05, 3.63) is 41.8 Å². The van der Waals surface area contributed by atoms with Crippen LogP contribution >= 0.6 is 0 Å². The van der Waals surface area contributed by atoms with Crippen molar-refractivity contribution in [2.24, 2.45) is 0 Å². The summed E-state index contributed by atoms with van der Waals surface area (Å²) in [4.78, 5) is 0. The molecular formula is C12H13FN2O3. The van der Waals surface area contributed by atoms with Gasteiger partial charge in [-0.25, -0.2) is 4.39 Å². The van der Waals surface area contributed by atoms with Gasteiger partial charge in [0.1, 0.15) is 18.0 Å². The van der Waals surface area contributed by atoms with E-state index in [1.54, 1.807) is 6.07 Å². The van der Waals surface area contributed by atoms with Gasteiger partial charge in [-0.15, -0.1) is 0 Å². The molecule has 2 unspecified atom stereocenters. The van der Waals surface area contributed by atoms with E-state index in [4.69, 9.17) is 5.11 Å². The van der Waals surface area contributed by atoms with Gasteiger partial charge in [-0.3, -0.25) is 5.10 Å². The number of aliphatic hydroxyl groups excluding tert-OH is 3. The highest BCUT2D eigenvalue weighted by Gasteiger charge is 2.22. The SMILES string of the molecule is OCC(O)C(O)c1cn[nH]c1-c1cccc(F)c1. The highest BCUT2D eigenvalue weighted by Crippen LogP contribution is 2.28. The summed E-state index contributed by atoms with van der Waals surface area (Å²) in [5.74, 6) is -0.412. The Morgan fingerprint density at radius 3 is 2.78 bits per heavy atom. The average Bonchev–Trinajstić information content (AvgIpc) is 2.86. The molecule has 96 valence electrons. The van der Waals surface area contributed by atoms with Crippen LogP contribution in [0.1, 0.15) is 11.7 Å². The second kappa shape index (κ2) is 5.26. The zero-order chi connectivity index (χ0) is 13.1. The molecule has 2 atom stereocenters. The molecule has 0 radical (unpaired) electrons. The van der Waals surface area contributed by atoms with Gasteiger partial charge in [-0.05, 0) is 12.1 Å². The van der Waals surface area contributed by atoms with Gasteiger partial charge < -0.3 is 15.3 Å². The summed E-state index contributed by atoms with van der Waals surface area (Å²) in [5.41, 5.74) is 1.23. The van der Waals surface area contributed by atoms with Gasteiger partial charge in [-0.2, -0.15) is 5.10 Å². The third-order valence-corrected chi connectivity index (χ3v) is 2.65. The zero-order valence-corrected chi connectivity index (χ0v) is 9.42. The Labute approximate surface area is 103 Å². The third kappa shape index (κ3) is 2.40. The summed E-state index contributed by atoms with van der Waals surface area (Å²) in [6.07, 6.45) is -1.26. The van der Waals surface area contributed by atoms with E-state index in [1.807, 2.05) is 0 Å². The predicted molar refractivity (Wildman–Crippen MR) is 62.0 cm³/mol. The molecule has 18 heavy (non-hydrogen) atoms. The van der Waals surface area contributed by atoms with Gasteiger partial charge in [0, 0.05) is 11.1 Å². The monoisotopic (exact) mass is 252 g/mol. The predicted octanol–water partition coefficient (Wildman–Crippen LogP) is 0.602. The molecule has 0 amide bonds. The summed E-state index contributed by atoms with van der Waals surface area (Å²) in [6, 6.07) is 5.77. The van der Waals surface area contributed by atoms with Crippen molar-refractivity contribution in [2.45, 2.75) is 12.2 Å². The standard InChI is InChI=1S/C12H13FN2O3/c13-8-3-1-2-7(4-8)11-9(5-14-15-11)12(18)10(17)6-16/h1-5,10,12,16-18H,6H2,(H,14,15). The maximum atomic E-state index is 13.1. The molecule has 2 rings (SSSR count). The van der Waals surface area contributed by atoms with Crippen LogP contribution in [0.15, 0.2) is 30.5 Å². The maximum Gasteiger partial charge on any atom is 0.123 e. The number of halogens is 1. The molecule has 6 heteroatoms. The molecule has 1 aromatic heterocycles. The minimum Gasteiger partial charge on any atom is -0.394 e. The second-order valence-electron chi connectivity index (χ2n) is 3.91. The first-order valence-corrected chi connectivity index (χ1v) is 5.39. The van der Waals surface area contributed by atoms with Crippen LogP contribution < -0.4 is 0 Å². The van der Waals surface area contributed by atoms with E-state index in [1.165, 1.54) is 24.4 Å². The number of benzene rings is 1. The van der Waals surface area contributed by atoms with E-state index in [9.17, 15) is 14.6 Å². The molecule has 1 aromatic carbocycles. The Kier molecular flexibility index (Phi) is 3.71.